The first-order valence-electron chi connectivity index (χ1n) is 8.19. The molecule has 0 spiro atoms. The SMILES string of the molecule is Cc1noc(C)c1S(=O)(=O)Nc1cccc(N2C(=O)c3cccnc3C2=O)c1. The fraction of sp³-hybridized carbons (Fsp3) is 0.111. The third-order valence-corrected chi connectivity index (χ3v) is 5.86. The van der Waals surface area contributed by atoms with Gasteiger partial charge in [0, 0.05) is 6.20 Å². The number of anilines is 2. The summed E-state index contributed by atoms with van der Waals surface area (Å²) in [5.41, 5.74) is 0.907. The van der Waals surface area contributed by atoms with Gasteiger partial charge in [-0.25, -0.2) is 13.3 Å². The van der Waals surface area contributed by atoms with E-state index in [0.717, 1.165) is 4.90 Å². The predicted octanol–water partition coefficient (Wildman–Crippen LogP) is 2.29. The van der Waals surface area contributed by atoms with Gasteiger partial charge in [-0.3, -0.25) is 19.3 Å². The Morgan fingerprint density at radius 2 is 1.86 bits per heavy atom. The summed E-state index contributed by atoms with van der Waals surface area (Å²) in [5.74, 6) is -0.919. The topological polar surface area (TPSA) is 122 Å². The van der Waals surface area contributed by atoms with Crippen LogP contribution >= 0.6 is 0 Å². The summed E-state index contributed by atoms with van der Waals surface area (Å²) >= 11 is 0. The van der Waals surface area contributed by atoms with Gasteiger partial charge in [0.05, 0.1) is 16.9 Å². The van der Waals surface area contributed by atoms with Gasteiger partial charge in [-0.1, -0.05) is 11.2 Å². The number of rotatable bonds is 4. The van der Waals surface area contributed by atoms with Crippen molar-refractivity contribution in [2.75, 3.05) is 9.62 Å². The van der Waals surface area contributed by atoms with Crippen LogP contribution in [0.5, 0.6) is 0 Å². The minimum atomic E-state index is -3.96. The van der Waals surface area contributed by atoms with E-state index in [9.17, 15) is 18.0 Å². The second-order valence-corrected chi connectivity index (χ2v) is 7.77. The zero-order chi connectivity index (χ0) is 20.1. The molecular weight excluding hydrogens is 384 g/mol. The number of carbonyl (C=O) groups excluding carboxylic acids is 2. The van der Waals surface area contributed by atoms with E-state index in [1.54, 1.807) is 6.07 Å². The zero-order valence-electron chi connectivity index (χ0n) is 14.8. The molecule has 4 rings (SSSR count). The van der Waals surface area contributed by atoms with Crippen molar-refractivity contribution in [1.29, 1.82) is 0 Å². The first-order valence-corrected chi connectivity index (χ1v) is 9.67. The van der Waals surface area contributed by atoms with Crippen LogP contribution in [-0.4, -0.2) is 30.4 Å². The number of benzene rings is 1. The molecule has 142 valence electrons. The molecule has 0 fully saturated rings. The number of fused-ring (bicyclic) bond motifs is 1. The van der Waals surface area contributed by atoms with Gasteiger partial charge < -0.3 is 4.52 Å². The largest absolute Gasteiger partial charge is 0.360 e. The fourth-order valence-corrected chi connectivity index (χ4v) is 4.46. The summed E-state index contributed by atoms with van der Waals surface area (Å²) in [5, 5.41) is 3.65. The van der Waals surface area contributed by atoms with Crippen LogP contribution < -0.4 is 9.62 Å². The number of carbonyl (C=O) groups is 2. The molecule has 0 aliphatic carbocycles. The van der Waals surface area contributed by atoms with Crippen LogP contribution in [0, 0.1) is 13.8 Å². The summed E-state index contributed by atoms with van der Waals surface area (Å²) in [6.07, 6.45) is 1.43. The number of nitrogens with one attached hydrogen (secondary N) is 1. The van der Waals surface area contributed by atoms with Gasteiger partial charge in [0.25, 0.3) is 21.8 Å². The van der Waals surface area contributed by atoms with Crippen LogP contribution in [0.1, 0.15) is 32.3 Å². The number of pyridine rings is 1. The monoisotopic (exact) mass is 398 g/mol. The zero-order valence-corrected chi connectivity index (χ0v) is 15.6. The van der Waals surface area contributed by atoms with Crippen LogP contribution in [0.2, 0.25) is 0 Å². The van der Waals surface area contributed by atoms with Crippen molar-refractivity contribution < 1.29 is 22.5 Å². The van der Waals surface area contributed by atoms with Crippen molar-refractivity contribution in [1.82, 2.24) is 10.1 Å². The van der Waals surface area contributed by atoms with Crippen molar-refractivity contribution in [2.24, 2.45) is 0 Å². The quantitative estimate of drug-likeness (QED) is 0.669. The average Bonchev–Trinajstić information content (AvgIpc) is 3.12. The van der Waals surface area contributed by atoms with Gasteiger partial charge in [0.1, 0.15) is 11.4 Å². The highest BCUT2D eigenvalue weighted by molar-refractivity contribution is 7.92. The molecule has 0 saturated heterocycles. The van der Waals surface area contributed by atoms with E-state index in [0.29, 0.717) is 0 Å². The van der Waals surface area contributed by atoms with Gasteiger partial charge in [-0.15, -0.1) is 0 Å². The maximum absolute atomic E-state index is 12.7. The number of amides is 2. The van der Waals surface area contributed by atoms with Crippen LogP contribution in [0.4, 0.5) is 11.4 Å². The van der Waals surface area contributed by atoms with Gasteiger partial charge in [-0.2, -0.15) is 0 Å². The molecule has 3 heterocycles. The van der Waals surface area contributed by atoms with E-state index < -0.39 is 21.8 Å². The van der Waals surface area contributed by atoms with Crippen LogP contribution in [0.25, 0.3) is 0 Å². The van der Waals surface area contributed by atoms with E-state index in [2.05, 4.69) is 14.9 Å². The lowest BCUT2D eigenvalue weighted by Gasteiger charge is -2.15. The molecule has 1 N–H and O–H groups in total. The predicted molar refractivity (Wildman–Crippen MR) is 98.6 cm³/mol. The first-order chi connectivity index (χ1) is 13.3. The number of imide groups is 1. The van der Waals surface area contributed by atoms with Crippen molar-refractivity contribution >= 4 is 33.2 Å². The van der Waals surface area contributed by atoms with Gasteiger partial charge in [-0.05, 0) is 44.2 Å². The van der Waals surface area contributed by atoms with Gasteiger partial charge in [0.2, 0.25) is 0 Å². The molecule has 0 saturated carbocycles. The van der Waals surface area contributed by atoms with E-state index in [4.69, 9.17) is 4.52 Å². The molecule has 2 aromatic heterocycles. The Bertz CT molecular complexity index is 1180. The standard InChI is InChI=1S/C18H14N4O5S/c1-10-16(11(2)27-20-10)28(25,26)21-12-5-3-6-13(9-12)22-17(23)14-7-4-8-19-15(14)18(22)24/h3-9,21H,1-2H3. The lowest BCUT2D eigenvalue weighted by molar-refractivity contribution is 0.0924. The van der Waals surface area contributed by atoms with Crippen LogP contribution in [-0.2, 0) is 10.0 Å². The Kier molecular flexibility index (Phi) is 4.00. The summed E-state index contributed by atoms with van der Waals surface area (Å²) < 4.78 is 32.7. The van der Waals surface area contributed by atoms with Gasteiger partial charge in [0.15, 0.2) is 10.7 Å². The molecule has 0 radical (unpaired) electrons. The van der Waals surface area contributed by atoms with Crippen molar-refractivity contribution in [3.05, 3.63) is 65.3 Å². The van der Waals surface area contributed by atoms with Crippen molar-refractivity contribution in [2.45, 2.75) is 18.7 Å². The molecule has 0 bridgehead atoms. The molecule has 1 aliphatic heterocycles. The smallest absolute Gasteiger partial charge is 0.284 e. The Morgan fingerprint density at radius 1 is 1.07 bits per heavy atom. The number of hydrogen-bond donors (Lipinski definition) is 1. The van der Waals surface area contributed by atoms with E-state index in [-0.39, 0.29) is 39.0 Å². The Hall–Kier alpha value is -3.53. The Labute approximate surface area is 160 Å². The van der Waals surface area contributed by atoms with Crippen molar-refractivity contribution in [3.63, 3.8) is 0 Å². The molecule has 0 atom stereocenters. The molecule has 28 heavy (non-hydrogen) atoms. The highest BCUT2D eigenvalue weighted by Crippen LogP contribution is 2.30. The fourth-order valence-electron chi connectivity index (χ4n) is 3.07. The number of aromatic nitrogens is 2. The minimum Gasteiger partial charge on any atom is -0.360 e. The molecular formula is C18H14N4O5S. The minimum absolute atomic E-state index is 0.0529. The molecule has 9 nitrogen and oxygen atoms in total. The second-order valence-electron chi connectivity index (χ2n) is 6.15. The molecule has 0 unspecified atom stereocenters. The van der Waals surface area contributed by atoms with Gasteiger partial charge >= 0.3 is 0 Å². The third kappa shape index (κ3) is 2.74. The molecule has 1 aliphatic rings. The molecule has 1 aromatic carbocycles. The molecule has 2 amide bonds. The second kappa shape index (κ2) is 6.27. The van der Waals surface area contributed by atoms with E-state index >= 15 is 0 Å². The maximum Gasteiger partial charge on any atom is 0.284 e. The van der Waals surface area contributed by atoms with Crippen LogP contribution in [0.15, 0.2) is 52.0 Å². The van der Waals surface area contributed by atoms with Crippen LogP contribution in [0.3, 0.4) is 0 Å². The molecule has 3 aromatic rings. The van der Waals surface area contributed by atoms with E-state index in [1.165, 1.54) is 50.4 Å². The number of aryl methyl sites for hydroxylation is 2. The number of sulfonamides is 1. The average molecular weight is 398 g/mol. The maximum atomic E-state index is 12.7. The summed E-state index contributed by atoms with van der Waals surface area (Å²) in [4.78, 5) is 30.0. The number of nitrogens with zero attached hydrogens (tertiary/aromatic N) is 3. The normalized spacial score (nSPS) is 13.7. The Balaban J connectivity index is 1.68. The first kappa shape index (κ1) is 17.9. The number of hydrogen-bond acceptors (Lipinski definition) is 7. The highest BCUT2D eigenvalue weighted by atomic mass is 32.2. The lowest BCUT2D eigenvalue weighted by atomic mass is 10.2. The lowest BCUT2D eigenvalue weighted by Crippen LogP contribution is -2.29. The Morgan fingerprint density at radius 3 is 2.54 bits per heavy atom. The summed E-state index contributed by atoms with van der Waals surface area (Å²) in [6, 6.07) is 9.08. The third-order valence-electron chi connectivity index (χ3n) is 4.24. The summed E-state index contributed by atoms with van der Waals surface area (Å²) in [7, 11) is -3.96. The highest BCUT2D eigenvalue weighted by Gasteiger charge is 2.38. The summed E-state index contributed by atoms with van der Waals surface area (Å²) in [6.45, 7) is 3.02. The van der Waals surface area contributed by atoms with E-state index in [1.807, 2.05) is 0 Å². The molecule has 10 heteroatoms. The van der Waals surface area contributed by atoms with Crippen molar-refractivity contribution in [3.8, 4) is 0 Å².